The van der Waals surface area contributed by atoms with E-state index in [4.69, 9.17) is 0 Å². The van der Waals surface area contributed by atoms with Crippen molar-refractivity contribution in [3.8, 4) is 11.4 Å². The molecule has 1 amide bonds. The second-order valence-corrected chi connectivity index (χ2v) is 8.07. The summed E-state index contributed by atoms with van der Waals surface area (Å²) in [5.41, 5.74) is 2.66. The smallest absolute Gasteiger partial charge is 0.271 e. The lowest BCUT2D eigenvalue weighted by Crippen LogP contribution is -2.14. The number of rotatable bonds is 7. The molecule has 1 N–H and O–H groups in total. The maximum Gasteiger partial charge on any atom is 0.271 e. The summed E-state index contributed by atoms with van der Waals surface area (Å²) in [6.45, 7) is 4.21. The van der Waals surface area contributed by atoms with Crippen LogP contribution in [0.3, 0.4) is 0 Å². The van der Waals surface area contributed by atoms with Crippen LogP contribution in [-0.4, -0.2) is 31.3 Å². The van der Waals surface area contributed by atoms with Crippen LogP contribution in [0.15, 0.2) is 34.8 Å². The van der Waals surface area contributed by atoms with Gasteiger partial charge >= 0.3 is 0 Å². The molecule has 0 spiro atoms. The average molecular weight is 418 g/mol. The molecule has 0 bridgehead atoms. The van der Waals surface area contributed by atoms with Gasteiger partial charge in [-0.25, -0.2) is 0 Å². The van der Waals surface area contributed by atoms with E-state index in [9.17, 15) is 14.9 Å². The average Bonchev–Trinajstić information content (AvgIpc) is 3.22. The molecule has 2 heterocycles. The van der Waals surface area contributed by atoms with E-state index in [1.807, 2.05) is 11.6 Å². The lowest BCUT2D eigenvalue weighted by Gasteiger charge is -2.06. The Morgan fingerprint density at radius 1 is 1.39 bits per heavy atom. The van der Waals surface area contributed by atoms with E-state index in [0.717, 1.165) is 17.8 Å². The van der Waals surface area contributed by atoms with Gasteiger partial charge in [0, 0.05) is 40.7 Å². The normalized spacial score (nSPS) is 10.8. The number of nitro benzene ring substituents is 1. The largest absolute Gasteiger partial charge is 0.325 e. The number of hydrogen-bond acceptors (Lipinski definition) is 7. The maximum atomic E-state index is 12.2. The molecule has 146 valence electrons. The fourth-order valence-corrected chi connectivity index (χ4v) is 4.46. The van der Waals surface area contributed by atoms with E-state index in [-0.39, 0.29) is 17.3 Å². The zero-order chi connectivity index (χ0) is 20.3. The summed E-state index contributed by atoms with van der Waals surface area (Å²) in [6, 6.07) is 5.85. The number of nitrogens with one attached hydrogen (secondary N) is 1. The van der Waals surface area contributed by atoms with E-state index in [2.05, 4.69) is 34.7 Å². The molecule has 28 heavy (non-hydrogen) atoms. The summed E-state index contributed by atoms with van der Waals surface area (Å²) in [5, 5.41) is 24.7. The highest BCUT2D eigenvalue weighted by molar-refractivity contribution is 7.99. The number of amides is 1. The SMILES string of the molecule is CCc1c(-c2nnc(SCC(=O)Nc3cccc([N+](=O)[O-])c3)n2C)csc1C. The minimum Gasteiger partial charge on any atom is -0.325 e. The molecule has 0 atom stereocenters. The number of carbonyl (C=O) groups excluding carboxylic acids is 1. The molecule has 0 saturated carbocycles. The molecule has 8 nitrogen and oxygen atoms in total. The predicted octanol–water partition coefficient (Wildman–Crippen LogP) is 4.05. The Hall–Kier alpha value is -2.72. The van der Waals surface area contributed by atoms with Crippen LogP contribution in [0.4, 0.5) is 11.4 Å². The number of aryl methyl sites for hydroxylation is 1. The molecule has 1 aromatic carbocycles. The Morgan fingerprint density at radius 3 is 2.89 bits per heavy atom. The Balaban J connectivity index is 1.67. The highest BCUT2D eigenvalue weighted by atomic mass is 32.2. The summed E-state index contributed by atoms with van der Waals surface area (Å²) in [7, 11) is 1.88. The van der Waals surface area contributed by atoms with Crippen molar-refractivity contribution in [2.75, 3.05) is 11.1 Å². The summed E-state index contributed by atoms with van der Waals surface area (Å²) in [6.07, 6.45) is 0.922. The first-order valence-corrected chi connectivity index (χ1v) is 10.4. The van der Waals surface area contributed by atoms with Crippen molar-refractivity contribution in [3.63, 3.8) is 0 Å². The van der Waals surface area contributed by atoms with Crippen molar-refractivity contribution in [3.05, 3.63) is 50.2 Å². The Labute approximate surface area is 170 Å². The van der Waals surface area contributed by atoms with Crippen LogP contribution in [0.5, 0.6) is 0 Å². The van der Waals surface area contributed by atoms with Gasteiger partial charge in [-0.3, -0.25) is 14.9 Å². The number of hydrogen-bond donors (Lipinski definition) is 1. The number of nitrogens with zero attached hydrogens (tertiary/aromatic N) is 4. The van der Waals surface area contributed by atoms with Crippen LogP contribution in [0.25, 0.3) is 11.4 Å². The van der Waals surface area contributed by atoms with Crippen LogP contribution in [-0.2, 0) is 18.3 Å². The summed E-state index contributed by atoms with van der Waals surface area (Å²) in [5.74, 6) is 0.635. The van der Waals surface area contributed by atoms with Crippen molar-refractivity contribution in [1.29, 1.82) is 0 Å². The summed E-state index contributed by atoms with van der Waals surface area (Å²) < 4.78 is 1.88. The van der Waals surface area contributed by atoms with Gasteiger partial charge < -0.3 is 9.88 Å². The number of benzene rings is 1. The number of aromatic nitrogens is 3. The molecule has 0 aliphatic heterocycles. The first kappa shape index (κ1) is 20.0. The van der Waals surface area contributed by atoms with E-state index in [1.165, 1.54) is 40.4 Å². The van der Waals surface area contributed by atoms with Gasteiger partial charge in [-0.1, -0.05) is 24.8 Å². The highest BCUT2D eigenvalue weighted by Crippen LogP contribution is 2.32. The van der Waals surface area contributed by atoms with Gasteiger partial charge in [0.2, 0.25) is 5.91 Å². The molecule has 0 unspecified atom stereocenters. The Morgan fingerprint density at radius 2 is 2.18 bits per heavy atom. The minimum absolute atomic E-state index is 0.0684. The molecule has 0 aliphatic rings. The monoisotopic (exact) mass is 417 g/mol. The number of thioether (sulfide) groups is 1. The molecule has 0 radical (unpaired) electrons. The third-order valence-electron chi connectivity index (χ3n) is 4.21. The molecule has 0 aliphatic carbocycles. The maximum absolute atomic E-state index is 12.2. The van der Waals surface area contributed by atoms with Crippen LogP contribution < -0.4 is 5.32 Å². The first-order chi connectivity index (χ1) is 13.4. The summed E-state index contributed by atoms with van der Waals surface area (Å²) in [4.78, 5) is 23.8. The zero-order valence-corrected chi connectivity index (χ0v) is 17.3. The van der Waals surface area contributed by atoms with Gasteiger partial charge in [-0.05, 0) is 25.0 Å². The van der Waals surface area contributed by atoms with Crippen molar-refractivity contribution < 1.29 is 9.72 Å². The second-order valence-electron chi connectivity index (χ2n) is 6.05. The van der Waals surface area contributed by atoms with Crippen molar-refractivity contribution in [2.45, 2.75) is 25.4 Å². The fourth-order valence-electron chi connectivity index (χ4n) is 2.81. The second kappa shape index (κ2) is 8.53. The molecule has 0 fully saturated rings. The highest BCUT2D eigenvalue weighted by Gasteiger charge is 2.17. The van der Waals surface area contributed by atoms with E-state index in [0.29, 0.717) is 10.8 Å². The van der Waals surface area contributed by atoms with Gasteiger partial charge in [-0.15, -0.1) is 21.5 Å². The molecule has 10 heteroatoms. The lowest BCUT2D eigenvalue weighted by molar-refractivity contribution is -0.384. The van der Waals surface area contributed by atoms with Crippen molar-refractivity contribution in [2.24, 2.45) is 7.05 Å². The van der Waals surface area contributed by atoms with Gasteiger partial charge in [-0.2, -0.15) is 0 Å². The van der Waals surface area contributed by atoms with Gasteiger partial charge in [0.05, 0.1) is 10.7 Å². The number of carbonyl (C=O) groups is 1. The zero-order valence-electron chi connectivity index (χ0n) is 15.6. The third-order valence-corrected chi connectivity index (χ3v) is 6.18. The van der Waals surface area contributed by atoms with Crippen LogP contribution in [0, 0.1) is 17.0 Å². The van der Waals surface area contributed by atoms with Crippen LogP contribution in [0.1, 0.15) is 17.4 Å². The molecular formula is C18H19N5O3S2. The number of anilines is 1. The van der Waals surface area contributed by atoms with Crippen molar-refractivity contribution >= 4 is 40.4 Å². The molecule has 3 aromatic rings. The Bertz CT molecular complexity index is 1030. The third kappa shape index (κ3) is 4.23. The topological polar surface area (TPSA) is 103 Å². The van der Waals surface area contributed by atoms with E-state index < -0.39 is 4.92 Å². The minimum atomic E-state index is -0.498. The van der Waals surface area contributed by atoms with E-state index >= 15 is 0 Å². The lowest BCUT2D eigenvalue weighted by atomic mass is 10.1. The molecule has 0 saturated heterocycles. The standard InChI is InChI=1S/C18H19N5O3S2/c1-4-14-11(2)27-9-15(14)17-20-21-18(22(17)3)28-10-16(24)19-12-6-5-7-13(8-12)23(25)26/h5-9H,4,10H2,1-3H3,(H,19,24). The predicted molar refractivity (Wildman–Crippen MR) is 111 cm³/mol. The quantitative estimate of drug-likeness (QED) is 0.353. The number of thiophene rings is 1. The van der Waals surface area contributed by atoms with Gasteiger partial charge in [0.25, 0.3) is 5.69 Å². The van der Waals surface area contributed by atoms with Crippen molar-refractivity contribution in [1.82, 2.24) is 14.8 Å². The van der Waals surface area contributed by atoms with E-state index in [1.54, 1.807) is 17.4 Å². The number of nitro groups is 1. The van der Waals surface area contributed by atoms with Gasteiger partial charge in [0.15, 0.2) is 11.0 Å². The molecular weight excluding hydrogens is 398 g/mol. The fraction of sp³-hybridized carbons (Fsp3) is 0.278. The van der Waals surface area contributed by atoms with Crippen LogP contribution in [0.2, 0.25) is 0 Å². The number of non-ortho nitro benzene ring substituents is 1. The van der Waals surface area contributed by atoms with Gasteiger partial charge in [0.1, 0.15) is 0 Å². The van der Waals surface area contributed by atoms with Crippen LogP contribution >= 0.6 is 23.1 Å². The Kier molecular flexibility index (Phi) is 6.10. The summed E-state index contributed by atoms with van der Waals surface area (Å²) >= 11 is 2.96. The molecule has 2 aromatic heterocycles. The first-order valence-electron chi connectivity index (χ1n) is 8.54. The molecule has 3 rings (SSSR count).